The summed E-state index contributed by atoms with van der Waals surface area (Å²) in [7, 11) is 0. The summed E-state index contributed by atoms with van der Waals surface area (Å²) in [5, 5.41) is 0. The lowest BCUT2D eigenvalue weighted by molar-refractivity contribution is 0.886. The van der Waals surface area contributed by atoms with Gasteiger partial charge in [-0.25, -0.2) is 0 Å². The predicted molar refractivity (Wildman–Crippen MR) is 258 cm³/mol. The van der Waals surface area contributed by atoms with E-state index in [0.29, 0.717) is 0 Å². The molecule has 0 atom stereocenters. The minimum Gasteiger partial charge on any atom is -0.197 e. The first-order valence-electron chi connectivity index (χ1n) is 19.1. The van der Waals surface area contributed by atoms with E-state index in [1.54, 1.807) is 0 Å². The summed E-state index contributed by atoms with van der Waals surface area (Å²) in [6.45, 7) is 43.6. The quantitative estimate of drug-likeness (QED) is 0.209. The van der Waals surface area contributed by atoms with E-state index in [1.165, 1.54) is 128 Å². The van der Waals surface area contributed by atoms with Crippen LogP contribution in [0.1, 0.15) is 267 Å². The van der Waals surface area contributed by atoms with Crippen molar-refractivity contribution in [3.63, 3.8) is 0 Å². The lowest BCUT2D eigenvalue weighted by atomic mass is 10.4. The zero-order chi connectivity index (χ0) is 34.1. The Morgan fingerprint density at radius 2 is 0.133 bits per heavy atom. The maximum atomic E-state index is 2.18. The smallest absolute Gasteiger partial charge is 0.0564 e. The number of unbranched alkanes of at least 4 members (excludes halogenated alkanes) is 10. The fourth-order valence-corrected chi connectivity index (χ4v) is 0. The van der Waals surface area contributed by atoms with E-state index in [9.17, 15) is 0 Å². The fourth-order valence-electron chi connectivity index (χ4n) is 0. The van der Waals surface area contributed by atoms with E-state index in [1.807, 2.05) is 0 Å². The van der Waals surface area contributed by atoms with Crippen LogP contribution in [-0.4, -0.2) is 0 Å². The zero-order valence-corrected chi connectivity index (χ0v) is 41.6. The first-order valence-corrected chi connectivity index (χ1v) is 19.1. The molecule has 0 saturated heterocycles. The molecule has 0 nitrogen and oxygen atoms in total. The maximum Gasteiger partial charge on any atom is -0.0564 e. The van der Waals surface area contributed by atoms with Gasteiger partial charge in [-0.2, -0.15) is 67.5 Å². The minimum absolute atomic E-state index is 0. The Morgan fingerprint density at radius 3 is 0.133 bits per heavy atom. The molecule has 0 aliphatic rings. The molecule has 0 aliphatic heterocycles. The average Bonchev–Trinajstić information content (AvgIpc) is 3.05. The molecule has 0 unspecified atom stereocenters. The summed E-state index contributed by atoms with van der Waals surface area (Å²) in [6.07, 6.45) is 26.4. The van der Waals surface area contributed by atoms with Crippen molar-refractivity contribution < 1.29 is 0 Å². The molecule has 0 amide bonds. The second-order valence-electron chi connectivity index (χ2n) is 10.00. The van der Waals surface area contributed by atoms with Crippen molar-refractivity contribution in [3.05, 3.63) is 0 Å². The topological polar surface area (TPSA) is 0 Å². The van der Waals surface area contributed by atoms with Crippen molar-refractivity contribution in [2.75, 3.05) is 0 Å². The molecule has 0 bridgehead atoms. The highest BCUT2D eigenvalue weighted by atomic mass is 32.1. The van der Waals surface area contributed by atoms with E-state index in [2.05, 4.69) is 138 Å². The van der Waals surface area contributed by atoms with Gasteiger partial charge in [-0.05, 0) is 0 Å². The molecule has 0 saturated carbocycles. The Balaban J connectivity index is -0.0000000169. The highest BCUT2D eigenvalue weighted by Gasteiger charge is 1.59. The van der Waals surface area contributed by atoms with Crippen LogP contribution in [-0.2, 0) is 0 Å². The average molecular weight is 752 g/mol. The van der Waals surface area contributed by atoms with Gasteiger partial charge < -0.3 is 0 Å². The van der Waals surface area contributed by atoms with Gasteiger partial charge in [-0.1, -0.05) is 267 Å². The highest BCUT2D eigenvalue weighted by molar-refractivity contribution is 7.60. The van der Waals surface area contributed by atoms with Crippen LogP contribution < -0.4 is 0 Å². The highest BCUT2D eigenvalue weighted by Crippen LogP contribution is 1.80. The lowest BCUT2D eigenvalue weighted by Crippen LogP contribution is -1.47. The number of hydrogen-bond donors (Lipinski definition) is 0. The normalized spacial score (nSPS) is 6.67. The predicted octanol–water partition coefficient (Wildman–Crippen LogP) is 18.6. The molecular weight excluding hydrogens is 641 g/mol. The first kappa shape index (κ1) is 97.1. The van der Waals surface area contributed by atoms with Gasteiger partial charge in [0.1, 0.15) is 0 Å². The van der Waals surface area contributed by atoms with Gasteiger partial charge in [0.05, 0.1) is 0 Å². The molecule has 5 heteroatoms. The molecule has 0 aromatic rings. The standard InChI is InChI=1S/10C4H10.5H2S/c10*1-3-4-2;;;;;/h10*3-4H2,1-2H3;5*1H2. The summed E-state index contributed by atoms with van der Waals surface area (Å²) in [4.78, 5) is 0. The molecule has 0 aromatic carbocycles. The van der Waals surface area contributed by atoms with Crippen LogP contribution in [0.2, 0.25) is 0 Å². The molecule has 45 heavy (non-hydrogen) atoms. The zero-order valence-electron chi connectivity index (χ0n) is 36.6. The van der Waals surface area contributed by atoms with Gasteiger partial charge in [0, 0.05) is 0 Å². The van der Waals surface area contributed by atoms with Crippen molar-refractivity contribution >= 4 is 67.5 Å². The van der Waals surface area contributed by atoms with E-state index >= 15 is 0 Å². The van der Waals surface area contributed by atoms with E-state index < -0.39 is 0 Å². The Hall–Kier alpha value is 1.75. The van der Waals surface area contributed by atoms with Crippen LogP contribution in [0.5, 0.6) is 0 Å². The molecule has 0 aliphatic carbocycles. The van der Waals surface area contributed by atoms with E-state index in [-0.39, 0.29) is 67.5 Å². The SMILES string of the molecule is CCCC.CCCC.CCCC.CCCC.CCCC.CCCC.CCCC.CCCC.CCCC.CCCC.S.S.S.S.S. The Labute approximate surface area is 332 Å². The summed E-state index contributed by atoms with van der Waals surface area (Å²) in [5.41, 5.74) is 0. The maximum absolute atomic E-state index is 2.18. The third kappa shape index (κ3) is 634. The fraction of sp³-hybridized carbons (Fsp3) is 1.00. The van der Waals surface area contributed by atoms with Crippen molar-refractivity contribution in [2.24, 2.45) is 0 Å². The van der Waals surface area contributed by atoms with Gasteiger partial charge in [-0.3, -0.25) is 0 Å². The summed E-state index contributed by atoms with van der Waals surface area (Å²) < 4.78 is 0. The van der Waals surface area contributed by atoms with Crippen LogP contribution in [0.25, 0.3) is 0 Å². The van der Waals surface area contributed by atoms with Crippen LogP contribution in [0.4, 0.5) is 0 Å². The largest absolute Gasteiger partial charge is 0.197 e. The third-order valence-electron chi connectivity index (χ3n) is 5.00. The number of rotatable bonds is 10. The Kier molecular flexibility index (Phi) is 418. The number of hydrogen-bond acceptors (Lipinski definition) is 0. The molecule has 0 spiro atoms. The molecular formula is C40H110S5. The first-order chi connectivity index (χ1) is 19.1. The van der Waals surface area contributed by atoms with Gasteiger partial charge >= 0.3 is 0 Å². The molecule has 0 rings (SSSR count). The summed E-state index contributed by atoms with van der Waals surface area (Å²) in [6, 6.07) is 0. The monoisotopic (exact) mass is 751 g/mol. The van der Waals surface area contributed by atoms with Crippen LogP contribution >= 0.6 is 67.5 Å². The molecule has 0 aromatic heterocycles. The summed E-state index contributed by atoms with van der Waals surface area (Å²) >= 11 is 0. The van der Waals surface area contributed by atoms with Crippen molar-refractivity contribution in [2.45, 2.75) is 267 Å². The van der Waals surface area contributed by atoms with Gasteiger partial charge in [0.15, 0.2) is 0 Å². The molecule has 300 valence electrons. The van der Waals surface area contributed by atoms with Crippen molar-refractivity contribution in [3.8, 4) is 0 Å². The van der Waals surface area contributed by atoms with Crippen LogP contribution in [0, 0.1) is 0 Å². The Morgan fingerprint density at radius 1 is 0.111 bits per heavy atom. The third-order valence-corrected chi connectivity index (χ3v) is 5.00. The van der Waals surface area contributed by atoms with Gasteiger partial charge in [-0.15, -0.1) is 0 Å². The molecule has 0 fully saturated rings. The lowest BCUT2D eigenvalue weighted by Gasteiger charge is -1.68. The van der Waals surface area contributed by atoms with Crippen molar-refractivity contribution in [1.29, 1.82) is 0 Å². The minimum atomic E-state index is 0. The van der Waals surface area contributed by atoms with Gasteiger partial charge in [0.25, 0.3) is 0 Å². The second-order valence-corrected chi connectivity index (χ2v) is 10.00. The van der Waals surface area contributed by atoms with Crippen LogP contribution in [0.3, 0.4) is 0 Å². The van der Waals surface area contributed by atoms with E-state index in [0.717, 1.165) is 0 Å². The van der Waals surface area contributed by atoms with Gasteiger partial charge in [0.2, 0.25) is 0 Å². The molecule has 0 N–H and O–H groups in total. The van der Waals surface area contributed by atoms with E-state index in [4.69, 9.17) is 0 Å². The molecule has 0 radical (unpaired) electrons. The summed E-state index contributed by atoms with van der Waals surface area (Å²) in [5.74, 6) is 0. The van der Waals surface area contributed by atoms with Crippen LogP contribution in [0.15, 0.2) is 0 Å². The Bertz CT molecular complexity index is 109. The molecule has 0 heterocycles. The second kappa shape index (κ2) is 194. The van der Waals surface area contributed by atoms with Crippen molar-refractivity contribution in [1.82, 2.24) is 0 Å².